The van der Waals surface area contributed by atoms with Gasteiger partial charge < -0.3 is 10.6 Å². The van der Waals surface area contributed by atoms with Crippen LogP contribution in [0.5, 0.6) is 0 Å². The first-order valence-electron chi connectivity index (χ1n) is 6.24. The maximum atomic E-state index is 6.19. The lowest BCUT2D eigenvalue weighted by molar-refractivity contribution is 0.313. The van der Waals surface area contributed by atoms with Crippen molar-refractivity contribution in [3.05, 3.63) is 47.8 Å². The number of benzene rings is 1. The van der Waals surface area contributed by atoms with Gasteiger partial charge in [-0.3, -0.25) is 4.98 Å². The summed E-state index contributed by atoms with van der Waals surface area (Å²) in [5.41, 5.74) is 12.2. The molecule has 18 heavy (non-hydrogen) atoms. The number of aromatic nitrogens is 1. The fourth-order valence-electron chi connectivity index (χ4n) is 2.59. The van der Waals surface area contributed by atoms with E-state index >= 15 is 0 Å². The summed E-state index contributed by atoms with van der Waals surface area (Å²) in [6.07, 6.45) is 4.68. The highest BCUT2D eigenvalue weighted by atomic mass is 15.1. The zero-order valence-corrected chi connectivity index (χ0v) is 10.6. The van der Waals surface area contributed by atoms with Crippen molar-refractivity contribution < 1.29 is 0 Å². The second-order valence-electron chi connectivity index (χ2n) is 4.93. The predicted octanol–water partition coefficient (Wildman–Crippen LogP) is 2.32. The lowest BCUT2D eigenvalue weighted by atomic mass is 9.93. The number of anilines is 1. The van der Waals surface area contributed by atoms with Gasteiger partial charge in [0.1, 0.15) is 0 Å². The van der Waals surface area contributed by atoms with Crippen LogP contribution >= 0.6 is 0 Å². The summed E-state index contributed by atoms with van der Waals surface area (Å²) in [7, 11) is 2.15. The molecule has 2 heterocycles. The first kappa shape index (κ1) is 11.2. The molecule has 2 N–H and O–H groups in total. The summed E-state index contributed by atoms with van der Waals surface area (Å²) in [5, 5.41) is 0. The topological polar surface area (TPSA) is 42.1 Å². The number of nitrogens with zero attached hydrogens (tertiary/aromatic N) is 2. The van der Waals surface area contributed by atoms with Gasteiger partial charge in [-0.25, -0.2) is 0 Å². The van der Waals surface area contributed by atoms with E-state index in [9.17, 15) is 0 Å². The summed E-state index contributed by atoms with van der Waals surface area (Å²) in [5.74, 6) is 0. The maximum absolute atomic E-state index is 6.19. The monoisotopic (exact) mass is 239 g/mol. The van der Waals surface area contributed by atoms with Gasteiger partial charge in [0.2, 0.25) is 0 Å². The Morgan fingerprint density at radius 1 is 1.17 bits per heavy atom. The van der Waals surface area contributed by atoms with Crippen LogP contribution in [0.4, 0.5) is 5.69 Å². The smallest absolute Gasteiger partial charge is 0.0356 e. The Morgan fingerprint density at radius 2 is 1.94 bits per heavy atom. The number of nitrogens with two attached hydrogens (primary N) is 1. The van der Waals surface area contributed by atoms with Crippen molar-refractivity contribution in [2.45, 2.75) is 13.0 Å². The van der Waals surface area contributed by atoms with Crippen molar-refractivity contribution in [1.82, 2.24) is 9.88 Å². The molecule has 0 radical (unpaired) electrons. The van der Waals surface area contributed by atoms with Crippen LogP contribution < -0.4 is 5.73 Å². The van der Waals surface area contributed by atoms with Gasteiger partial charge in [0.15, 0.2) is 0 Å². The lowest BCUT2D eigenvalue weighted by Gasteiger charge is -2.26. The molecule has 0 unspecified atom stereocenters. The van der Waals surface area contributed by atoms with Crippen LogP contribution in [0.25, 0.3) is 11.1 Å². The minimum absolute atomic E-state index is 0.924. The molecule has 2 aromatic rings. The van der Waals surface area contributed by atoms with Gasteiger partial charge in [0.25, 0.3) is 0 Å². The highest BCUT2D eigenvalue weighted by Gasteiger charge is 2.16. The Labute approximate surface area is 107 Å². The fraction of sp³-hybridized carbons (Fsp3) is 0.267. The number of hydrogen-bond donors (Lipinski definition) is 1. The number of likely N-dealkylation sites (N-methyl/N-ethyl adjacent to an activating group) is 1. The first-order chi connectivity index (χ1) is 8.74. The average Bonchev–Trinajstić information content (AvgIpc) is 2.39. The molecule has 0 fully saturated rings. The van der Waals surface area contributed by atoms with Crippen molar-refractivity contribution in [3.63, 3.8) is 0 Å². The molecule has 0 spiro atoms. The Balaban J connectivity index is 2.08. The van der Waals surface area contributed by atoms with E-state index in [1.165, 1.54) is 22.3 Å². The van der Waals surface area contributed by atoms with E-state index in [2.05, 4.69) is 29.1 Å². The third-order valence-electron chi connectivity index (χ3n) is 3.57. The number of hydrogen-bond acceptors (Lipinski definition) is 3. The third kappa shape index (κ3) is 1.97. The normalized spacial score (nSPS) is 15.4. The van der Waals surface area contributed by atoms with Gasteiger partial charge in [-0.15, -0.1) is 0 Å². The molecular formula is C15H17N3. The second kappa shape index (κ2) is 4.42. The molecule has 0 bridgehead atoms. The number of rotatable bonds is 1. The largest absolute Gasteiger partial charge is 0.398 e. The Kier molecular flexibility index (Phi) is 2.76. The first-order valence-corrected chi connectivity index (χ1v) is 6.24. The summed E-state index contributed by atoms with van der Waals surface area (Å²) >= 11 is 0. The molecule has 1 aromatic heterocycles. The maximum Gasteiger partial charge on any atom is 0.0356 e. The van der Waals surface area contributed by atoms with Crippen LogP contribution in [-0.2, 0) is 13.0 Å². The third-order valence-corrected chi connectivity index (χ3v) is 3.57. The minimum Gasteiger partial charge on any atom is -0.398 e. The van der Waals surface area contributed by atoms with Crippen molar-refractivity contribution in [2.75, 3.05) is 19.3 Å². The molecular weight excluding hydrogens is 222 g/mol. The molecule has 1 aliphatic heterocycles. The van der Waals surface area contributed by atoms with E-state index < -0.39 is 0 Å². The van der Waals surface area contributed by atoms with Crippen LogP contribution in [0.2, 0.25) is 0 Å². The standard InChI is InChI=1S/C15H17N3/c1-18-7-4-14-13(10-18)8-12(9-15(14)16)11-2-5-17-6-3-11/h2-3,5-6,8-9H,4,7,10,16H2,1H3. The summed E-state index contributed by atoms with van der Waals surface area (Å²) < 4.78 is 0. The molecule has 3 rings (SSSR count). The van der Waals surface area contributed by atoms with E-state index in [0.717, 1.165) is 25.2 Å². The Hall–Kier alpha value is -1.87. The zero-order valence-electron chi connectivity index (χ0n) is 10.6. The Morgan fingerprint density at radius 3 is 2.72 bits per heavy atom. The molecule has 0 atom stereocenters. The van der Waals surface area contributed by atoms with Crippen LogP contribution in [-0.4, -0.2) is 23.5 Å². The van der Waals surface area contributed by atoms with E-state index in [1.807, 2.05) is 24.5 Å². The highest BCUT2D eigenvalue weighted by molar-refractivity contribution is 5.70. The van der Waals surface area contributed by atoms with E-state index in [4.69, 9.17) is 5.73 Å². The summed E-state index contributed by atoms with van der Waals surface area (Å²) in [4.78, 5) is 6.38. The minimum atomic E-state index is 0.924. The Bertz CT molecular complexity index is 563. The van der Waals surface area contributed by atoms with Crippen molar-refractivity contribution in [1.29, 1.82) is 0 Å². The number of fused-ring (bicyclic) bond motifs is 1. The molecule has 1 aliphatic rings. The zero-order chi connectivity index (χ0) is 12.5. The van der Waals surface area contributed by atoms with E-state index in [0.29, 0.717) is 0 Å². The molecule has 92 valence electrons. The van der Waals surface area contributed by atoms with Gasteiger partial charge in [0, 0.05) is 31.2 Å². The summed E-state index contributed by atoms with van der Waals surface area (Å²) in [6, 6.07) is 8.39. The predicted molar refractivity (Wildman–Crippen MR) is 74.1 cm³/mol. The summed E-state index contributed by atoms with van der Waals surface area (Å²) in [6.45, 7) is 2.07. The van der Waals surface area contributed by atoms with Crippen LogP contribution in [0.1, 0.15) is 11.1 Å². The van der Waals surface area contributed by atoms with Gasteiger partial charge in [0.05, 0.1) is 0 Å². The van der Waals surface area contributed by atoms with Gasteiger partial charge in [-0.05, 0) is 60.0 Å². The van der Waals surface area contributed by atoms with E-state index in [1.54, 1.807) is 0 Å². The van der Waals surface area contributed by atoms with Gasteiger partial charge in [-0.2, -0.15) is 0 Å². The van der Waals surface area contributed by atoms with Gasteiger partial charge in [-0.1, -0.05) is 0 Å². The average molecular weight is 239 g/mol. The SMILES string of the molecule is CN1CCc2c(N)cc(-c3ccncc3)cc2C1. The molecule has 0 saturated carbocycles. The lowest BCUT2D eigenvalue weighted by Crippen LogP contribution is -2.27. The molecule has 1 aromatic carbocycles. The molecule has 0 amide bonds. The second-order valence-corrected chi connectivity index (χ2v) is 4.93. The van der Waals surface area contributed by atoms with E-state index in [-0.39, 0.29) is 0 Å². The number of nitrogen functional groups attached to an aromatic ring is 1. The highest BCUT2D eigenvalue weighted by Crippen LogP contribution is 2.30. The van der Waals surface area contributed by atoms with Crippen LogP contribution in [0, 0.1) is 0 Å². The molecule has 3 nitrogen and oxygen atoms in total. The van der Waals surface area contributed by atoms with Crippen molar-refractivity contribution >= 4 is 5.69 Å². The molecule has 0 saturated heterocycles. The van der Waals surface area contributed by atoms with Crippen molar-refractivity contribution in [3.8, 4) is 11.1 Å². The fourth-order valence-corrected chi connectivity index (χ4v) is 2.59. The molecule has 3 heteroatoms. The van der Waals surface area contributed by atoms with Crippen LogP contribution in [0.3, 0.4) is 0 Å². The quantitative estimate of drug-likeness (QED) is 0.777. The number of pyridine rings is 1. The van der Waals surface area contributed by atoms with Crippen molar-refractivity contribution in [2.24, 2.45) is 0 Å². The van der Waals surface area contributed by atoms with Gasteiger partial charge >= 0.3 is 0 Å². The molecule has 0 aliphatic carbocycles. The van der Waals surface area contributed by atoms with Crippen LogP contribution in [0.15, 0.2) is 36.7 Å².